The number of hydrogen-bond acceptors (Lipinski definition) is 2. The van der Waals surface area contributed by atoms with Gasteiger partial charge in [0.05, 0.1) is 12.2 Å². The molecule has 0 fully saturated rings. The molecule has 0 unspecified atom stereocenters. The second-order valence-corrected chi connectivity index (χ2v) is 1.67. The van der Waals surface area contributed by atoms with Crippen LogP contribution in [0.15, 0.2) is 25.0 Å². The van der Waals surface area contributed by atoms with Gasteiger partial charge in [0, 0.05) is 0 Å². The summed E-state index contributed by atoms with van der Waals surface area (Å²) in [6.07, 6.45) is 1.73. The van der Waals surface area contributed by atoms with Gasteiger partial charge in [-0.2, -0.15) is 0 Å². The monoisotopic (exact) mass is 126 g/mol. The molecule has 2 heteroatoms. The lowest BCUT2D eigenvalue weighted by Gasteiger charge is -1.97. The Balaban J connectivity index is 3.50. The van der Waals surface area contributed by atoms with Crippen molar-refractivity contribution in [1.29, 1.82) is 0 Å². The Hall–Kier alpha value is -1.05. The van der Waals surface area contributed by atoms with E-state index in [1.807, 2.05) is 0 Å². The molecule has 0 amide bonds. The summed E-state index contributed by atoms with van der Waals surface area (Å²) in [4.78, 5) is 10.5. The molecular weight excluding hydrogens is 116 g/mol. The molecule has 0 atom stereocenters. The maximum absolute atomic E-state index is 10.5. The van der Waals surface area contributed by atoms with E-state index < -0.39 is 0 Å². The number of allylic oxidation sites excluding steroid dienone is 1. The average molecular weight is 126 g/mol. The van der Waals surface area contributed by atoms with Gasteiger partial charge in [0.2, 0.25) is 0 Å². The van der Waals surface area contributed by atoms with Crippen molar-refractivity contribution in [3.8, 4) is 0 Å². The van der Waals surface area contributed by atoms with Crippen molar-refractivity contribution in [3.63, 3.8) is 0 Å². The summed E-state index contributed by atoms with van der Waals surface area (Å²) in [5, 5.41) is 0. The lowest BCUT2D eigenvalue weighted by atomic mass is 10.4. The smallest absolute Gasteiger partial charge is 0.314 e. The molecular formula is C7H10O2. The fourth-order valence-electron chi connectivity index (χ4n) is 0.354. The lowest BCUT2D eigenvalue weighted by molar-refractivity contribution is -0.138. The second-order valence-electron chi connectivity index (χ2n) is 1.67. The standard InChI is InChI=1S/C7H10O2/c1-4-5-7(8)9-6(2)3/h4H,1-2,5H2,3H3. The topological polar surface area (TPSA) is 26.3 Å². The molecule has 0 saturated heterocycles. The van der Waals surface area contributed by atoms with Gasteiger partial charge in [-0.3, -0.25) is 4.79 Å². The predicted octanol–water partition coefficient (Wildman–Crippen LogP) is 1.64. The summed E-state index contributed by atoms with van der Waals surface area (Å²) in [7, 11) is 0. The van der Waals surface area contributed by atoms with Crippen LogP contribution < -0.4 is 0 Å². The molecule has 0 bridgehead atoms. The first-order valence-corrected chi connectivity index (χ1v) is 2.64. The average Bonchev–Trinajstić information content (AvgIpc) is 1.63. The number of rotatable bonds is 3. The van der Waals surface area contributed by atoms with Crippen LogP contribution in [0.1, 0.15) is 13.3 Å². The van der Waals surface area contributed by atoms with E-state index in [1.54, 1.807) is 6.92 Å². The van der Waals surface area contributed by atoms with E-state index in [-0.39, 0.29) is 12.4 Å². The summed E-state index contributed by atoms with van der Waals surface area (Å²) in [5.41, 5.74) is 0. The quantitative estimate of drug-likeness (QED) is 0.326. The molecule has 0 rings (SSSR count). The number of ether oxygens (including phenoxy) is 1. The Morgan fingerprint density at radius 2 is 2.33 bits per heavy atom. The van der Waals surface area contributed by atoms with Gasteiger partial charge < -0.3 is 4.74 Å². The predicted molar refractivity (Wildman–Crippen MR) is 35.7 cm³/mol. The minimum Gasteiger partial charge on any atom is -0.432 e. The molecule has 0 saturated carbocycles. The molecule has 0 N–H and O–H groups in total. The molecule has 0 aliphatic carbocycles. The van der Waals surface area contributed by atoms with Crippen LogP contribution in [0.2, 0.25) is 0 Å². The van der Waals surface area contributed by atoms with E-state index in [0.717, 1.165) is 0 Å². The lowest BCUT2D eigenvalue weighted by Crippen LogP contribution is -1.99. The van der Waals surface area contributed by atoms with Gasteiger partial charge in [0.25, 0.3) is 0 Å². The van der Waals surface area contributed by atoms with Crippen molar-refractivity contribution < 1.29 is 9.53 Å². The highest BCUT2D eigenvalue weighted by Crippen LogP contribution is 1.94. The zero-order valence-electron chi connectivity index (χ0n) is 5.52. The van der Waals surface area contributed by atoms with Gasteiger partial charge in [-0.05, 0) is 6.92 Å². The van der Waals surface area contributed by atoms with Crippen molar-refractivity contribution in [2.75, 3.05) is 0 Å². The number of hydrogen-bond donors (Lipinski definition) is 0. The Bertz CT molecular complexity index is 136. The van der Waals surface area contributed by atoms with Crippen LogP contribution in [0.3, 0.4) is 0 Å². The van der Waals surface area contributed by atoms with Crippen LogP contribution in [0, 0.1) is 0 Å². The fraction of sp³-hybridized carbons (Fsp3) is 0.286. The van der Waals surface area contributed by atoms with Crippen LogP contribution in [0.4, 0.5) is 0 Å². The first kappa shape index (κ1) is 7.95. The van der Waals surface area contributed by atoms with Crippen LogP contribution in [0.25, 0.3) is 0 Å². The van der Waals surface area contributed by atoms with Gasteiger partial charge in [0.1, 0.15) is 0 Å². The third kappa shape index (κ3) is 4.81. The van der Waals surface area contributed by atoms with Crippen LogP contribution in [-0.2, 0) is 9.53 Å². The van der Waals surface area contributed by atoms with Crippen LogP contribution >= 0.6 is 0 Å². The van der Waals surface area contributed by atoms with Crippen LogP contribution in [-0.4, -0.2) is 5.97 Å². The summed E-state index contributed by atoms with van der Waals surface area (Å²) >= 11 is 0. The van der Waals surface area contributed by atoms with Gasteiger partial charge >= 0.3 is 5.97 Å². The molecule has 0 aromatic heterocycles. The molecule has 0 aliphatic rings. The molecule has 0 aromatic rings. The van der Waals surface area contributed by atoms with Gasteiger partial charge in [-0.1, -0.05) is 12.7 Å². The summed E-state index contributed by atoms with van der Waals surface area (Å²) < 4.78 is 4.59. The molecule has 0 aliphatic heterocycles. The van der Waals surface area contributed by atoms with Crippen LogP contribution in [0.5, 0.6) is 0 Å². The zero-order valence-corrected chi connectivity index (χ0v) is 5.52. The van der Waals surface area contributed by atoms with E-state index in [9.17, 15) is 4.79 Å². The van der Waals surface area contributed by atoms with E-state index >= 15 is 0 Å². The number of carbonyl (C=O) groups excluding carboxylic acids is 1. The molecule has 0 aromatic carbocycles. The molecule has 2 nitrogen and oxygen atoms in total. The van der Waals surface area contributed by atoms with Crippen molar-refractivity contribution in [1.82, 2.24) is 0 Å². The third-order valence-electron chi connectivity index (χ3n) is 0.599. The van der Waals surface area contributed by atoms with Crippen molar-refractivity contribution in [2.24, 2.45) is 0 Å². The minimum absolute atomic E-state index is 0.243. The fourth-order valence-corrected chi connectivity index (χ4v) is 0.354. The van der Waals surface area contributed by atoms with Crippen molar-refractivity contribution in [2.45, 2.75) is 13.3 Å². The van der Waals surface area contributed by atoms with E-state index in [0.29, 0.717) is 5.76 Å². The molecule has 0 radical (unpaired) electrons. The minimum atomic E-state index is -0.308. The first-order valence-electron chi connectivity index (χ1n) is 2.64. The third-order valence-corrected chi connectivity index (χ3v) is 0.599. The highest BCUT2D eigenvalue weighted by Gasteiger charge is 1.96. The molecule has 50 valence electrons. The Labute approximate surface area is 54.8 Å². The summed E-state index contributed by atoms with van der Waals surface area (Å²) in [5.74, 6) is 0.111. The molecule has 9 heavy (non-hydrogen) atoms. The normalized spacial score (nSPS) is 8.11. The summed E-state index contributed by atoms with van der Waals surface area (Å²) in [6.45, 7) is 8.40. The van der Waals surface area contributed by atoms with Crippen molar-refractivity contribution >= 4 is 5.97 Å². The Kier molecular flexibility index (Phi) is 3.44. The maximum Gasteiger partial charge on any atom is 0.314 e. The largest absolute Gasteiger partial charge is 0.432 e. The van der Waals surface area contributed by atoms with E-state index in [1.165, 1.54) is 6.08 Å². The van der Waals surface area contributed by atoms with Gasteiger partial charge in [-0.25, -0.2) is 0 Å². The second kappa shape index (κ2) is 3.89. The van der Waals surface area contributed by atoms with E-state index in [2.05, 4.69) is 17.9 Å². The summed E-state index contributed by atoms with van der Waals surface area (Å²) in [6, 6.07) is 0. The molecule has 0 heterocycles. The Morgan fingerprint density at radius 1 is 1.78 bits per heavy atom. The number of carbonyl (C=O) groups is 1. The van der Waals surface area contributed by atoms with E-state index in [4.69, 9.17) is 0 Å². The van der Waals surface area contributed by atoms with Gasteiger partial charge in [0.15, 0.2) is 0 Å². The zero-order chi connectivity index (χ0) is 7.28. The van der Waals surface area contributed by atoms with Gasteiger partial charge in [-0.15, -0.1) is 6.58 Å². The highest BCUT2D eigenvalue weighted by atomic mass is 16.5. The molecule has 0 spiro atoms. The first-order chi connectivity index (χ1) is 4.16. The van der Waals surface area contributed by atoms with Crippen molar-refractivity contribution in [3.05, 3.63) is 25.0 Å². The maximum atomic E-state index is 10.5. The SMILES string of the molecule is C=CCC(=O)OC(=C)C. The number of esters is 1. The highest BCUT2D eigenvalue weighted by molar-refractivity contribution is 5.71. The Morgan fingerprint density at radius 3 is 2.67 bits per heavy atom.